The number of hydrogen-bond donors (Lipinski definition) is 1. The highest BCUT2D eigenvalue weighted by Gasteiger charge is 2.34. The number of likely N-dealkylation sites (tertiary alicyclic amines) is 1. The van der Waals surface area contributed by atoms with Gasteiger partial charge in [-0.2, -0.15) is 0 Å². The van der Waals surface area contributed by atoms with Crippen molar-refractivity contribution in [3.05, 3.63) is 40.7 Å². The van der Waals surface area contributed by atoms with Crippen LogP contribution in [0.4, 0.5) is 9.52 Å². The molecule has 3 rings (SSSR count). The molecule has 1 aliphatic heterocycles. The molecule has 0 saturated carbocycles. The Hall–Kier alpha value is -2.35. The van der Waals surface area contributed by atoms with Crippen LogP contribution in [0.5, 0.6) is 0 Å². The van der Waals surface area contributed by atoms with Crippen LogP contribution in [-0.4, -0.2) is 40.0 Å². The molecule has 0 aliphatic carbocycles. The van der Waals surface area contributed by atoms with Crippen LogP contribution >= 0.6 is 11.3 Å². The van der Waals surface area contributed by atoms with Gasteiger partial charge in [0.05, 0.1) is 5.92 Å². The Morgan fingerprint density at radius 1 is 1.29 bits per heavy atom. The van der Waals surface area contributed by atoms with Crippen LogP contribution in [-0.2, 0) is 16.0 Å². The molecule has 8 heteroatoms. The molecule has 28 heavy (non-hydrogen) atoms. The molecule has 2 heterocycles. The minimum atomic E-state index is -0.388. The topological polar surface area (TPSA) is 75.2 Å². The quantitative estimate of drug-likeness (QED) is 0.729. The summed E-state index contributed by atoms with van der Waals surface area (Å²) in [4.78, 5) is 26.5. The summed E-state index contributed by atoms with van der Waals surface area (Å²) in [6.45, 7) is 5.13. The van der Waals surface area contributed by atoms with Crippen molar-refractivity contribution in [1.29, 1.82) is 0 Å². The molecule has 1 fully saturated rings. The number of aromatic nitrogens is 2. The zero-order chi connectivity index (χ0) is 20.1. The number of carbonyl (C=O) groups excluding carboxylic acids is 2. The molecule has 0 spiro atoms. The second-order valence-corrected chi connectivity index (χ2v) is 8.07. The lowest BCUT2D eigenvalue weighted by molar-refractivity contribution is -0.128. The monoisotopic (exact) mass is 404 g/mol. The van der Waals surface area contributed by atoms with E-state index < -0.39 is 0 Å². The van der Waals surface area contributed by atoms with Gasteiger partial charge in [0.15, 0.2) is 0 Å². The molecule has 1 saturated heterocycles. The number of nitrogens with one attached hydrogen (secondary N) is 1. The first-order valence-corrected chi connectivity index (χ1v) is 10.5. The zero-order valence-corrected chi connectivity index (χ0v) is 17.0. The summed E-state index contributed by atoms with van der Waals surface area (Å²) < 4.78 is 13.0. The van der Waals surface area contributed by atoms with E-state index in [2.05, 4.69) is 29.4 Å². The van der Waals surface area contributed by atoms with Gasteiger partial charge in [0.2, 0.25) is 16.9 Å². The van der Waals surface area contributed by atoms with Crippen molar-refractivity contribution in [3.63, 3.8) is 0 Å². The minimum Gasteiger partial charge on any atom is -0.342 e. The van der Waals surface area contributed by atoms with Gasteiger partial charge in [-0.05, 0) is 37.0 Å². The van der Waals surface area contributed by atoms with Gasteiger partial charge < -0.3 is 10.2 Å². The number of benzene rings is 1. The predicted molar refractivity (Wildman–Crippen MR) is 107 cm³/mol. The summed E-state index contributed by atoms with van der Waals surface area (Å²) in [5, 5.41) is 12.5. The van der Waals surface area contributed by atoms with E-state index in [-0.39, 0.29) is 30.0 Å². The molecule has 0 bridgehead atoms. The third-order valence-corrected chi connectivity index (χ3v) is 6.18. The lowest BCUT2D eigenvalue weighted by Gasteiger charge is -2.16. The standard InChI is InChI=1S/C20H25FN4O2S/c1-3-14(4-2)19-23-24-20(28-19)22-18(27)15-11-17(26)25(12-15)10-9-13-5-7-16(21)8-6-13/h5-8,14-15H,3-4,9-12H2,1-2H3,(H,22,24,27)/t15-/m0/s1. The average Bonchev–Trinajstić information content (AvgIpc) is 3.29. The minimum absolute atomic E-state index is 0.0303. The van der Waals surface area contributed by atoms with Crippen LogP contribution in [0, 0.1) is 11.7 Å². The van der Waals surface area contributed by atoms with Gasteiger partial charge in [0, 0.05) is 25.4 Å². The van der Waals surface area contributed by atoms with Gasteiger partial charge >= 0.3 is 0 Å². The molecule has 1 aliphatic rings. The lowest BCUT2D eigenvalue weighted by atomic mass is 10.1. The molecule has 2 amide bonds. The van der Waals surface area contributed by atoms with Gasteiger partial charge in [0.1, 0.15) is 10.8 Å². The molecule has 2 aromatic rings. The molecule has 150 valence electrons. The number of anilines is 1. The molecule has 0 unspecified atom stereocenters. The number of amides is 2. The second-order valence-electron chi connectivity index (χ2n) is 7.07. The molecular weight excluding hydrogens is 379 g/mol. The molecule has 0 radical (unpaired) electrons. The maximum Gasteiger partial charge on any atom is 0.231 e. The maximum atomic E-state index is 13.0. The fourth-order valence-corrected chi connectivity index (χ4v) is 4.39. The zero-order valence-electron chi connectivity index (χ0n) is 16.2. The first-order chi connectivity index (χ1) is 13.5. The van der Waals surface area contributed by atoms with Crippen LogP contribution in [0.1, 0.15) is 49.6 Å². The molecule has 1 aromatic carbocycles. The second kappa shape index (κ2) is 9.23. The first kappa shape index (κ1) is 20.4. The Kier molecular flexibility index (Phi) is 6.72. The Bertz CT molecular complexity index is 820. The van der Waals surface area contributed by atoms with E-state index in [9.17, 15) is 14.0 Å². The van der Waals surface area contributed by atoms with Crippen LogP contribution in [0.25, 0.3) is 0 Å². The summed E-state index contributed by atoms with van der Waals surface area (Å²) in [5.41, 5.74) is 0.963. The van der Waals surface area contributed by atoms with Crippen LogP contribution in [0.15, 0.2) is 24.3 Å². The van der Waals surface area contributed by atoms with Crippen molar-refractivity contribution < 1.29 is 14.0 Å². The number of carbonyl (C=O) groups is 2. The van der Waals surface area contributed by atoms with Crippen molar-refractivity contribution >= 4 is 28.3 Å². The summed E-state index contributed by atoms with van der Waals surface area (Å²) in [6.07, 6.45) is 2.81. The van der Waals surface area contributed by atoms with E-state index in [1.165, 1.54) is 23.5 Å². The van der Waals surface area contributed by atoms with Crippen molar-refractivity contribution in [2.24, 2.45) is 5.92 Å². The summed E-state index contributed by atoms with van der Waals surface area (Å²) >= 11 is 1.40. The highest BCUT2D eigenvalue weighted by Crippen LogP contribution is 2.29. The summed E-state index contributed by atoms with van der Waals surface area (Å²) in [6, 6.07) is 6.25. The predicted octanol–water partition coefficient (Wildman–Crippen LogP) is 3.61. The van der Waals surface area contributed by atoms with Crippen molar-refractivity contribution in [2.45, 2.75) is 45.4 Å². The van der Waals surface area contributed by atoms with E-state index in [1.807, 2.05) is 0 Å². The molecule has 1 aromatic heterocycles. The van der Waals surface area contributed by atoms with Crippen LogP contribution < -0.4 is 5.32 Å². The van der Waals surface area contributed by atoms with Gasteiger partial charge in [-0.15, -0.1) is 10.2 Å². The fraction of sp³-hybridized carbons (Fsp3) is 0.500. The van der Waals surface area contributed by atoms with Crippen LogP contribution in [0.2, 0.25) is 0 Å². The lowest BCUT2D eigenvalue weighted by Crippen LogP contribution is -2.30. The maximum absolute atomic E-state index is 13.0. The number of rotatable bonds is 8. The van der Waals surface area contributed by atoms with E-state index in [1.54, 1.807) is 17.0 Å². The highest BCUT2D eigenvalue weighted by molar-refractivity contribution is 7.15. The third kappa shape index (κ3) is 4.92. The third-order valence-electron chi connectivity index (χ3n) is 5.17. The van der Waals surface area contributed by atoms with Gasteiger partial charge in [0.25, 0.3) is 0 Å². The Balaban J connectivity index is 1.52. The number of nitrogens with zero attached hydrogens (tertiary/aromatic N) is 3. The number of hydrogen-bond acceptors (Lipinski definition) is 5. The SMILES string of the molecule is CCC(CC)c1nnc(NC(=O)[C@H]2CC(=O)N(CCc3ccc(F)cc3)C2)s1. The van der Waals surface area contributed by atoms with E-state index in [0.29, 0.717) is 30.6 Å². The smallest absolute Gasteiger partial charge is 0.231 e. The Morgan fingerprint density at radius 2 is 2.00 bits per heavy atom. The van der Waals surface area contributed by atoms with Gasteiger partial charge in [-0.3, -0.25) is 9.59 Å². The van der Waals surface area contributed by atoms with Crippen molar-refractivity contribution in [3.8, 4) is 0 Å². The average molecular weight is 405 g/mol. The van der Waals surface area contributed by atoms with Crippen molar-refractivity contribution in [1.82, 2.24) is 15.1 Å². The number of halogens is 1. The molecule has 1 atom stereocenters. The van der Waals surface area contributed by atoms with Crippen LogP contribution in [0.3, 0.4) is 0 Å². The molecule has 6 nitrogen and oxygen atoms in total. The molecular formula is C20H25FN4O2S. The van der Waals surface area contributed by atoms with Crippen molar-refractivity contribution in [2.75, 3.05) is 18.4 Å². The van der Waals surface area contributed by atoms with Gasteiger partial charge in [-0.25, -0.2) is 4.39 Å². The van der Waals surface area contributed by atoms with E-state index in [0.717, 1.165) is 23.4 Å². The van der Waals surface area contributed by atoms with Gasteiger partial charge in [-0.1, -0.05) is 37.3 Å². The summed E-state index contributed by atoms with van der Waals surface area (Å²) in [7, 11) is 0. The Labute approximate surface area is 168 Å². The highest BCUT2D eigenvalue weighted by atomic mass is 32.1. The van der Waals surface area contributed by atoms with E-state index >= 15 is 0 Å². The Morgan fingerprint density at radius 3 is 2.68 bits per heavy atom. The fourth-order valence-electron chi connectivity index (χ4n) is 3.37. The molecule has 1 N–H and O–H groups in total. The van der Waals surface area contributed by atoms with E-state index in [4.69, 9.17) is 0 Å². The largest absolute Gasteiger partial charge is 0.342 e. The normalized spacial score (nSPS) is 16.8. The summed E-state index contributed by atoms with van der Waals surface area (Å²) in [5.74, 6) is -0.525. The first-order valence-electron chi connectivity index (χ1n) is 9.66.